The molecule has 1 unspecified atom stereocenters. The summed E-state index contributed by atoms with van der Waals surface area (Å²) in [6.07, 6.45) is 2.05. The van der Waals surface area contributed by atoms with Gasteiger partial charge in [-0.15, -0.1) is 0 Å². The van der Waals surface area contributed by atoms with Gasteiger partial charge >= 0.3 is 0 Å². The number of rotatable bonds is 4. The van der Waals surface area contributed by atoms with Crippen molar-refractivity contribution in [1.82, 2.24) is 0 Å². The topological polar surface area (TPSA) is 9.23 Å². The van der Waals surface area contributed by atoms with Gasteiger partial charge in [-0.2, -0.15) is 0 Å². The molecule has 0 heterocycles. The molecule has 0 radical (unpaired) electrons. The van der Waals surface area contributed by atoms with E-state index in [1.54, 1.807) is 0 Å². The van der Waals surface area contributed by atoms with Gasteiger partial charge in [0.15, 0.2) is 0 Å². The lowest BCUT2D eigenvalue weighted by atomic mass is 9.90. The molecular weight excluding hydrogens is 280 g/mol. The fourth-order valence-electron chi connectivity index (χ4n) is 2.73. The lowest BCUT2D eigenvalue weighted by Gasteiger charge is -2.28. The van der Waals surface area contributed by atoms with Crippen LogP contribution < -0.4 is 0 Å². The first-order valence-corrected chi connectivity index (χ1v) is 8.39. The van der Waals surface area contributed by atoms with Crippen LogP contribution in [0.25, 0.3) is 0 Å². The molecular formula is C22H24O. The van der Waals surface area contributed by atoms with Gasteiger partial charge in [-0.3, -0.25) is 0 Å². The predicted octanol–water partition coefficient (Wildman–Crippen LogP) is 5.14. The van der Waals surface area contributed by atoms with Gasteiger partial charge in [-0.1, -0.05) is 69.0 Å². The molecule has 0 aliphatic heterocycles. The molecule has 1 aliphatic rings. The summed E-state index contributed by atoms with van der Waals surface area (Å²) in [5, 5.41) is 0. The number of fused-ring (bicyclic) bond motifs is 2. The van der Waals surface area contributed by atoms with E-state index in [1.165, 1.54) is 11.1 Å². The van der Waals surface area contributed by atoms with Crippen LogP contribution >= 0.6 is 0 Å². The van der Waals surface area contributed by atoms with Gasteiger partial charge in [-0.05, 0) is 35.1 Å². The van der Waals surface area contributed by atoms with Crippen LogP contribution in [0, 0.1) is 17.3 Å². The Morgan fingerprint density at radius 2 is 1.65 bits per heavy atom. The molecule has 0 spiro atoms. The Balaban J connectivity index is 1.98. The van der Waals surface area contributed by atoms with Crippen molar-refractivity contribution in [2.45, 2.75) is 39.7 Å². The van der Waals surface area contributed by atoms with Gasteiger partial charge in [-0.25, -0.2) is 0 Å². The van der Waals surface area contributed by atoms with Crippen molar-refractivity contribution in [1.29, 1.82) is 0 Å². The monoisotopic (exact) mass is 304 g/mol. The summed E-state index contributed by atoms with van der Waals surface area (Å²) in [5.74, 6) is 6.65. The molecule has 2 aromatic carbocycles. The van der Waals surface area contributed by atoms with E-state index >= 15 is 0 Å². The fraction of sp³-hybridized carbons (Fsp3) is 0.364. The van der Waals surface area contributed by atoms with Crippen LogP contribution in [-0.2, 0) is 11.2 Å². The SMILES string of the molecule is CCC(C)(C)COC1Cc2ccccc2C#Cc2ccccc21. The molecule has 0 saturated carbocycles. The van der Waals surface area contributed by atoms with Crippen LogP contribution in [0.5, 0.6) is 0 Å². The van der Waals surface area contributed by atoms with Crippen molar-refractivity contribution in [2.75, 3.05) is 6.61 Å². The number of hydrogen-bond donors (Lipinski definition) is 0. The van der Waals surface area contributed by atoms with E-state index in [-0.39, 0.29) is 11.5 Å². The number of ether oxygens (including phenoxy) is 1. The molecule has 0 aromatic heterocycles. The number of hydrogen-bond acceptors (Lipinski definition) is 1. The first-order chi connectivity index (χ1) is 11.1. The molecule has 23 heavy (non-hydrogen) atoms. The van der Waals surface area contributed by atoms with E-state index in [0.717, 1.165) is 30.6 Å². The highest BCUT2D eigenvalue weighted by Gasteiger charge is 2.23. The highest BCUT2D eigenvalue weighted by Crippen LogP contribution is 2.31. The molecule has 1 nitrogen and oxygen atoms in total. The Labute approximate surface area is 139 Å². The normalized spacial score (nSPS) is 16.4. The average molecular weight is 304 g/mol. The highest BCUT2D eigenvalue weighted by atomic mass is 16.5. The fourth-order valence-corrected chi connectivity index (χ4v) is 2.73. The van der Waals surface area contributed by atoms with Crippen molar-refractivity contribution in [3.63, 3.8) is 0 Å². The van der Waals surface area contributed by atoms with Gasteiger partial charge in [0.2, 0.25) is 0 Å². The summed E-state index contributed by atoms with van der Waals surface area (Å²) in [6, 6.07) is 16.8. The molecule has 0 amide bonds. The van der Waals surface area contributed by atoms with Crippen LogP contribution in [0.1, 0.15) is 55.5 Å². The number of benzene rings is 2. The van der Waals surface area contributed by atoms with E-state index in [4.69, 9.17) is 4.74 Å². The van der Waals surface area contributed by atoms with Crippen molar-refractivity contribution >= 4 is 0 Å². The summed E-state index contributed by atoms with van der Waals surface area (Å²) in [5.41, 5.74) is 4.88. The van der Waals surface area contributed by atoms with E-state index in [0.29, 0.717) is 0 Å². The summed E-state index contributed by atoms with van der Waals surface area (Å²) in [7, 11) is 0. The molecule has 2 aromatic rings. The highest BCUT2D eigenvalue weighted by molar-refractivity contribution is 5.52. The predicted molar refractivity (Wildman–Crippen MR) is 95.3 cm³/mol. The van der Waals surface area contributed by atoms with Crippen LogP contribution in [0.15, 0.2) is 48.5 Å². The summed E-state index contributed by atoms with van der Waals surface area (Å²) >= 11 is 0. The van der Waals surface area contributed by atoms with Crippen molar-refractivity contribution in [2.24, 2.45) is 5.41 Å². The third-order valence-electron chi connectivity index (χ3n) is 4.69. The van der Waals surface area contributed by atoms with E-state index in [9.17, 15) is 0 Å². The molecule has 0 N–H and O–H groups in total. The minimum absolute atomic E-state index is 0.0628. The standard InChI is InChI=1S/C22H24O/c1-4-22(2,3)16-23-21-15-19-11-6-5-9-17(19)13-14-18-10-7-8-12-20(18)21/h5-12,21H,4,15-16H2,1-3H3. The smallest absolute Gasteiger partial charge is 0.0877 e. The minimum atomic E-state index is 0.0628. The molecule has 1 heteroatoms. The van der Waals surface area contributed by atoms with Gasteiger partial charge in [0.05, 0.1) is 12.7 Å². The summed E-state index contributed by atoms with van der Waals surface area (Å²) in [6.45, 7) is 7.50. The van der Waals surface area contributed by atoms with Gasteiger partial charge in [0, 0.05) is 17.5 Å². The zero-order chi connectivity index (χ0) is 16.3. The zero-order valence-electron chi connectivity index (χ0n) is 14.2. The third-order valence-corrected chi connectivity index (χ3v) is 4.69. The Bertz CT molecular complexity index is 746. The minimum Gasteiger partial charge on any atom is -0.373 e. The van der Waals surface area contributed by atoms with Crippen LogP contribution in [0.3, 0.4) is 0 Å². The van der Waals surface area contributed by atoms with Gasteiger partial charge in [0.1, 0.15) is 0 Å². The third kappa shape index (κ3) is 3.66. The molecule has 1 aliphatic carbocycles. The van der Waals surface area contributed by atoms with Gasteiger partial charge < -0.3 is 4.74 Å². The Hall–Kier alpha value is -2.04. The second kappa shape index (κ2) is 6.60. The molecule has 1 atom stereocenters. The first-order valence-electron chi connectivity index (χ1n) is 8.39. The average Bonchev–Trinajstić information content (AvgIpc) is 2.56. The second-order valence-corrected chi connectivity index (χ2v) is 7.02. The first kappa shape index (κ1) is 15.8. The van der Waals surface area contributed by atoms with E-state index in [2.05, 4.69) is 75.1 Å². The largest absolute Gasteiger partial charge is 0.373 e. The Morgan fingerprint density at radius 1 is 1.00 bits per heavy atom. The summed E-state index contributed by atoms with van der Waals surface area (Å²) in [4.78, 5) is 0. The quantitative estimate of drug-likeness (QED) is 0.711. The van der Waals surface area contributed by atoms with Crippen LogP contribution in [-0.4, -0.2) is 6.61 Å². The Morgan fingerprint density at radius 3 is 2.43 bits per heavy atom. The molecule has 3 rings (SSSR count). The molecule has 0 saturated heterocycles. The Kier molecular flexibility index (Phi) is 4.55. The molecule has 0 bridgehead atoms. The maximum Gasteiger partial charge on any atom is 0.0877 e. The van der Waals surface area contributed by atoms with E-state index < -0.39 is 0 Å². The lowest BCUT2D eigenvalue weighted by molar-refractivity contribution is 0.000145. The summed E-state index contributed by atoms with van der Waals surface area (Å²) < 4.78 is 6.39. The molecule has 0 fully saturated rings. The maximum absolute atomic E-state index is 6.39. The second-order valence-electron chi connectivity index (χ2n) is 7.02. The van der Waals surface area contributed by atoms with Crippen molar-refractivity contribution < 1.29 is 4.74 Å². The maximum atomic E-state index is 6.39. The van der Waals surface area contributed by atoms with Crippen molar-refractivity contribution in [3.05, 3.63) is 70.8 Å². The molecule has 118 valence electrons. The lowest BCUT2D eigenvalue weighted by Crippen LogP contribution is -2.22. The van der Waals surface area contributed by atoms with Crippen LogP contribution in [0.4, 0.5) is 0 Å². The van der Waals surface area contributed by atoms with Crippen molar-refractivity contribution in [3.8, 4) is 11.8 Å². The zero-order valence-corrected chi connectivity index (χ0v) is 14.2. The van der Waals surface area contributed by atoms with E-state index in [1.807, 2.05) is 6.07 Å². The van der Waals surface area contributed by atoms with Crippen LogP contribution in [0.2, 0.25) is 0 Å². The van der Waals surface area contributed by atoms with Gasteiger partial charge in [0.25, 0.3) is 0 Å².